The highest BCUT2D eigenvalue weighted by Crippen LogP contribution is 2.18. The number of carbonyl (C=O) groups is 2. The Kier molecular flexibility index (Phi) is 9.15. The summed E-state index contributed by atoms with van der Waals surface area (Å²) in [5.41, 5.74) is 1.15. The minimum Gasteiger partial charge on any atom is -0.497 e. The number of methoxy groups -OCH3 is 1. The molecule has 0 aromatic heterocycles. The second kappa shape index (κ2) is 11.8. The van der Waals surface area contributed by atoms with Gasteiger partial charge in [0.05, 0.1) is 7.11 Å². The fraction of sp³-hybridized carbons (Fsp3) is 0.391. The predicted octanol–water partition coefficient (Wildman–Crippen LogP) is 3.17. The zero-order chi connectivity index (χ0) is 21.9. The molecule has 0 radical (unpaired) electrons. The normalized spacial score (nSPS) is 11.6. The third-order valence-corrected chi connectivity index (χ3v) is 4.76. The molecule has 0 fully saturated rings. The van der Waals surface area contributed by atoms with Gasteiger partial charge in [-0.1, -0.05) is 13.8 Å². The van der Waals surface area contributed by atoms with Gasteiger partial charge >= 0.3 is 0 Å². The Morgan fingerprint density at radius 3 is 2.13 bits per heavy atom. The lowest BCUT2D eigenvalue weighted by molar-refractivity contribution is -0.122. The van der Waals surface area contributed by atoms with Crippen LogP contribution in [0.1, 0.15) is 31.1 Å². The molecule has 162 valence electrons. The molecule has 0 bridgehead atoms. The van der Waals surface area contributed by atoms with E-state index in [1.54, 1.807) is 62.6 Å². The molecule has 0 saturated carbocycles. The van der Waals surface area contributed by atoms with Gasteiger partial charge in [-0.05, 0) is 68.5 Å². The van der Waals surface area contributed by atoms with Gasteiger partial charge in [-0.15, -0.1) is 0 Å². The quantitative estimate of drug-likeness (QED) is 0.592. The van der Waals surface area contributed by atoms with Gasteiger partial charge in [0, 0.05) is 24.3 Å². The molecule has 2 aromatic carbocycles. The van der Waals surface area contributed by atoms with Crippen LogP contribution in [0.2, 0.25) is 0 Å². The molecule has 30 heavy (non-hydrogen) atoms. The van der Waals surface area contributed by atoms with E-state index >= 15 is 0 Å². The van der Waals surface area contributed by atoms with Crippen LogP contribution in [0.15, 0.2) is 48.5 Å². The molecule has 2 amide bonds. The van der Waals surface area contributed by atoms with Crippen molar-refractivity contribution in [2.45, 2.75) is 26.9 Å². The number of ether oxygens (including phenoxy) is 2. The number of amides is 2. The summed E-state index contributed by atoms with van der Waals surface area (Å²) in [6, 6.07) is 13.8. The summed E-state index contributed by atoms with van der Waals surface area (Å²) in [7, 11) is 1.59. The Hall–Kier alpha value is -3.06. The SMILES string of the molecule is CCN(CC)CCNC(=O)c1ccc(NC(=O)C(C)Oc2ccc(OC)cc2)cc1. The molecule has 1 atom stereocenters. The summed E-state index contributed by atoms with van der Waals surface area (Å²) in [6.45, 7) is 9.21. The number of hydrogen-bond acceptors (Lipinski definition) is 5. The van der Waals surface area contributed by atoms with E-state index in [-0.39, 0.29) is 11.8 Å². The molecule has 0 aliphatic carbocycles. The van der Waals surface area contributed by atoms with Crippen LogP contribution in [-0.4, -0.2) is 56.1 Å². The number of benzene rings is 2. The molecule has 7 nitrogen and oxygen atoms in total. The minimum absolute atomic E-state index is 0.128. The maximum atomic E-state index is 12.4. The van der Waals surface area contributed by atoms with Gasteiger partial charge in [0.15, 0.2) is 6.10 Å². The topological polar surface area (TPSA) is 79.9 Å². The van der Waals surface area contributed by atoms with E-state index in [1.165, 1.54) is 0 Å². The number of hydrogen-bond donors (Lipinski definition) is 2. The first-order chi connectivity index (χ1) is 14.5. The third-order valence-electron chi connectivity index (χ3n) is 4.76. The number of rotatable bonds is 11. The van der Waals surface area contributed by atoms with Crippen LogP contribution in [0.3, 0.4) is 0 Å². The number of nitrogens with zero attached hydrogens (tertiary/aromatic N) is 1. The van der Waals surface area contributed by atoms with Crippen LogP contribution < -0.4 is 20.1 Å². The Morgan fingerprint density at radius 1 is 0.967 bits per heavy atom. The van der Waals surface area contributed by atoms with Crippen LogP contribution in [0, 0.1) is 0 Å². The summed E-state index contributed by atoms with van der Waals surface area (Å²) in [5.74, 6) is 0.894. The van der Waals surface area contributed by atoms with Crippen molar-refractivity contribution in [1.82, 2.24) is 10.2 Å². The van der Waals surface area contributed by atoms with Crippen molar-refractivity contribution in [3.63, 3.8) is 0 Å². The van der Waals surface area contributed by atoms with Crippen LogP contribution >= 0.6 is 0 Å². The van der Waals surface area contributed by atoms with Crippen molar-refractivity contribution in [2.75, 3.05) is 38.6 Å². The first-order valence-corrected chi connectivity index (χ1v) is 10.2. The van der Waals surface area contributed by atoms with Crippen molar-refractivity contribution in [3.8, 4) is 11.5 Å². The summed E-state index contributed by atoms with van der Waals surface area (Å²) in [4.78, 5) is 26.9. The molecule has 2 rings (SSSR count). The molecule has 1 unspecified atom stereocenters. The molecule has 0 heterocycles. The lowest BCUT2D eigenvalue weighted by atomic mass is 10.2. The van der Waals surface area contributed by atoms with E-state index < -0.39 is 6.10 Å². The summed E-state index contributed by atoms with van der Waals surface area (Å²) < 4.78 is 10.8. The van der Waals surface area contributed by atoms with Crippen molar-refractivity contribution < 1.29 is 19.1 Å². The maximum Gasteiger partial charge on any atom is 0.265 e. The number of anilines is 1. The van der Waals surface area contributed by atoms with Crippen molar-refractivity contribution >= 4 is 17.5 Å². The summed E-state index contributed by atoms with van der Waals surface area (Å²) in [5, 5.41) is 5.71. The average Bonchev–Trinajstić information content (AvgIpc) is 2.77. The number of carbonyl (C=O) groups excluding carboxylic acids is 2. The molecule has 0 aliphatic heterocycles. The Balaban J connectivity index is 1.83. The van der Waals surface area contributed by atoms with Gasteiger partial charge in [0.1, 0.15) is 11.5 Å². The number of nitrogens with one attached hydrogen (secondary N) is 2. The predicted molar refractivity (Wildman–Crippen MR) is 118 cm³/mol. The molecule has 0 spiro atoms. The lowest BCUT2D eigenvalue weighted by Gasteiger charge is -2.18. The van der Waals surface area contributed by atoms with Gasteiger partial charge in [-0.3, -0.25) is 9.59 Å². The van der Waals surface area contributed by atoms with Crippen LogP contribution in [0.25, 0.3) is 0 Å². The second-order valence-corrected chi connectivity index (χ2v) is 6.78. The highest BCUT2D eigenvalue weighted by atomic mass is 16.5. The number of likely N-dealkylation sites (N-methyl/N-ethyl adjacent to an activating group) is 1. The monoisotopic (exact) mass is 413 g/mol. The van der Waals surface area contributed by atoms with E-state index in [0.29, 0.717) is 23.5 Å². The summed E-state index contributed by atoms with van der Waals surface area (Å²) in [6.07, 6.45) is -0.679. The first kappa shape index (κ1) is 23.2. The largest absolute Gasteiger partial charge is 0.497 e. The van der Waals surface area contributed by atoms with E-state index in [4.69, 9.17) is 9.47 Å². The molecule has 0 saturated heterocycles. The second-order valence-electron chi connectivity index (χ2n) is 6.78. The fourth-order valence-corrected chi connectivity index (χ4v) is 2.83. The zero-order valence-corrected chi connectivity index (χ0v) is 18.1. The molecule has 7 heteroatoms. The van der Waals surface area contributed by atoms with Gasteiger partial charge in [-0.25, -0.2) is 0 Å². The van der Waals surface area contributed by atoms with Crippen molar-refractivity contribution in [3.05, 3.63) is 54.1 Å². The summed E-state index contributed by atoms with van der Waals surface area (Å²) >= 11 is 0. The average molecular weight is 414 g/mol. The van der Waals surface area contributed by atoms with E-state index in [1.807, 2.05) is 0 Å². The standard InChI is InChI=1S/C23H31N3O4/c1-5-26(6-2)16-15-24-23(28)18-7-9-19(10-8-18)25-22(27)17(3)30-21-13-11-20(29-4)12-14-21/h7-14,17H,5-6,15-16H2,1-4H3,(H,24,28)(H,25,27). The first-order valence-electron chi connectivity index (χ1n) is 10.2. The smallest absolute Gasteiger partial charge is 0.265 e. The lowest BCUT2D eigenvalue weighted by Crippen LogP contribution is -2.34. The van der Waals surface area contributed by atoms with Crippen molar-refractivity contribution in [2.24, 2.45) is 0 Å². The van der Waals surface area contributed by atoms with Crippen LogP contribution in [0.5, 0.6) is 11.5 Å². The Bertz CT molecular complexity index is 802. The molecular formula is C23H31N3O4. The van der Waals surface area contributed by atoms with E-state index in [2.05, 4.69) is 29.4 Å². The fourth-order valence-electron chi connectivity index (χ4n) is 2.83. The highest BCUT2D eigenvalue weighted by Gasteiger charge is 2.15. The third kappa shape index (κ3) is 7.08. The van der Waals surface area contributed by atoms with Gasteiger partial charge in [0.25, 0.3) is 11.8 Å². The van der Waals surface area contributed by atoms with Crippen LogP contribution in [-0.2, 0) is 4.79 Å². The molecule has 2 N–H and O–H groups in total. The Labute approximate surface area is 178 Å². The maximum absolute atomic E-state index is 12.4. The molecular weight excluding hydrogens is 382 g/mol. The van der Waals surface area contributed by atoms with Gasteiger partial charge in [-0.2, -0.15) is 0 Å². The van der Waals surface area contributed by atoms with Crippen molar-refractivity contribution in [1.29, 1.82) is 0 Å². The minimum atomic E-state index is -0.679. The molecule has 2 aromatic rings. The van der Waals surface area contributed by atoms with Crippen LogP contribution in [0.4, 0.5) is 5.69 Å². The van der Waals surface area contributed by atoms with E-state index in [9.17, 15) is 9.59 Å². The Morgan fingerprint density at radius 2 is 1.57 bits per heavy atom. The molecule has 0 aliphatic rings. The highest BCUT2D eigenvalue weighted by molar-refractivity contribution is 5.96. The van der Waals surface area contributed by atoms with Gasteiger partial charge < -0.3 is 25.0 Å². The van der Waals surface area contributed by atoms with Gasteiger partial charge in [0.2, 0.25) is 0 Å². The zero-order valence-electron chi connectivity index (χ0n) is 18.1. The van der Waals surface area contributed by atoms with E-state index in [0.717, 1.165) is 25.4 Å².